The number of hydrogen-bond acceptors (Lipinski definition) is 5. The van der Waals surface area contributed by atoms with Crippen molar-refractivity contribution in [1.82, 2.24) is 0 Å². The SMILES string of the molecule is CC(=O)OCC12CCC(F)C(OC(C)=O)C13OC3CC1C3CCCC3(C)CCC12. The van der Waals surface area contributed by atoms with E-state index in [4.69, 9.17) is 14.2 Å². The Morgan fingerprint density at radius 1 is 1.07 bits per heavy atom. The maximum atomic E-state index is 15.1. The van der Waals surface area contributed by atoms with Gasteiger partial charge in [-0.1, -0.05) is 13.3 Å². The van der Waals surface area contributed by atoms with Crippen LogP contribution in [0.15, 0.2) is 0 Å². The van der Waals surface area contributed by atoms with Gasteiger partial charge in [-0.2, -0.15) is 0 Å². The van der Waals surface area contributed by atoms with Crippen molar-refractivity contribution in [3.63, 3.8) is 0 Å². The van der Waals surface area contributed by atoms with Gasteiger partial charge in [0, 0.05) is 19.3 Å². The van der Waals surface area contributed by atoms with E-state index in [1.807, 2.05) is 0 Å². The van der Waals surface area contributed by atoms with Gasteiger partial charge in [-0.15, -0.1) is 0 Å². The first-order valence-corrected chi connectivity index (χ1v) is 11.4. The molecule has 0 N–H and O–H groups in total. The summed E-state index contributed by atoms with van der Waals surface area (Å²) in [5.41, 5.74) is -0.899. The number of carbonyl (C=O) groups is 2. The van der Waals surface area contributed by atoms with E-state index in [9.17, 15) is 9.59 Å². The van der Waals surface area contributed by atoms with Crippen LogP contribution >= 0.6 is 0 Å². The fourth-order valence-corrected chi connectivity index (χ4v) is 8.29. The predicted molar refractivity (Wildman–Crippen MR) is 103 cm³/mol. The average molecular weight is 409 g/mol. The summed E-state index contributed by atoms with van der Waals surface area (Å²) in [6.45, 7) is 5.44. The number of rotatable bonds is 3. The van der Waals surface area contributed by atoms with Gasteiger partial charge in [-0.05, 0) is 68.1 Å². The van der Waals surface area contributed by atoms with Gasteiger partial charge in [-0.3, -0.25) is 9.59 Å². The van der Waals surface area contributed by atoms with Gasteiger partial charge < -0.3 is 14.2 Å². The van der Waals surface area contributed by atoms with E-state index < -0.39 is 29.3 Å². The third-order valence-corrected chi connectivity index (χ3v) is 9.39. The van der Waals surface area contributed by atoms with Crippen molar-refractivity contribution in [2.75, 3.05) is 6.61 Å². The maximum absolute atomic E-state index is 15.1. The molecular formula is C23H33FO5. The Balaban J connectivity index is 1.56. The van der Waals surface area contributed by atoms with E-state index in [0.29, 0.717) is 36.0 Å². The Bertz CT molecular complexity index is 726. The molecule has 1 spiro atoms. The number of carbonyl (C=O) groups excluding carboxylic acids is 2. The van der Waals surface area contributed by atoms with Gasteiger partial charge in [0.05, 0.1) is 6.10 Å². The molecule has 0 amide bonds. The van der Waals surface area contributed by atoms with Gasteiger partial charge >= 0.3 is 11.9 Å². The zero-order valence-corrected chi connectivity index (χ0v) is 17.7. The summed E-state index contributed by atoms with van der Waals surface area (Å²) in [5, 5.41) is 0. The molecule has 6 heteroatoms. The molecule has 0 aromatic carbocycles. The van der Waals surface area contributed by atoms with Crippen molar-refractivity contribution in [3.8, 4) is 0 Å². The Hall–Kier alpha value is -1.17. The minimum absolute atomic E-state index is 0.106. The molecule has 0 aromatic heterocycles. The first-order valence-electron chi connectivity index (χ1n) is 11.4. The Labute approximate surface area is 172 Å². The van der Waals surface area contributed by atoms with E-state index in [2.05, 4.69) is 6.92 Å². The number of ether oxygens (including phenoxy) is 3. The second-order valence-corrected chi connectivity index (χ2v) is 10.6. The van der Waals surface area contributed by atoms with E-state index in [0.717, 1.165) is 12.8 Å². The first kappa shape index (κ1) is 19.8. The largest absolute Gasteiger partial charge is 0.465 e. The van der Waals surface area contributed by atoms with E-state index in [1.54, 1.807) is 0 Å². The zero-order chi connectivity index (χ0) is 20.6. The van der Waals surface area contributed by atoms with Gasteiger partial charge in [-0.25, -0.2) is 4.39 Å². The van der Waals surface area contributed by atoms with Crippen LogP contribution in [0.2, 0.25) is 0 Å². The number of esters is 2. The second kappa shape index (κ2) is 6.41. The molecule has 0 radical (unpaired) electrons. The Morgan fingerprint density at radius 3 is 2.59 bits per heavy atom. The summed E-state index contributed by atoms with van der Waals surface area (Å²) in [6, 6.07) is 0. The minimum atomic E-state index is -1.23. The van der Waals surface area contributed by atoms with Crippen LogP contribution in [0.3, 0.4) is 0 Å². The summed E-state index contributed by atoms with van der Waals surface area (Å²) in [7, 11) is 0. The smallest absolute Gasteiger partial charge is 0.303 e. The summed E-state index contributed by atoms with van der Waals surface area (Å²) in [5.74, 6) is 0.706. The number of epoxide rings is 1. The molecule has 29 heavy (non-hydrogen) atoms. The second-order valence-electron chi connectivity index (χ2n) is 10.6. The molecule has 5 fully saturated rings. The molecule has 9 unspecified atom stereocenters. The summed E-state index contributed by atoms with van der Waals surface area (Å²) in [6.07, 6.45) is 5.67. The lowest BCUT2D eigenvalue weighted by molar-refractivity contribution is -0.200. The van der Waals surface area contributed by atoms with Crippen molar-refractivity contribution in [2.45, 2.75) is 96.1 Å². The first-order chi connectivity index (χ1) is 13.7. The highest BCUT2D eigenvalue weighted by Crippen LogP contribution is 2.74. The molecule has 1 aliphatic heterocycles. The van der Waals surface area contributed by atoms with Crippen LogP contribution in [0.5, 0.6) is 0 Å². The van der Waals surface area contributed by atoms with Crippen LogP contribution in [0.1, 0.15) is 72.1 Å². The molecule has 5 aliphatic rings. The van der Waals surface area contributed by atoms with Gasteiger partial charge in [0.2, 0.25) is 0 Å². The molecule has 4 saturated carbocycles. The molecule has 9 atom stereocenters. The molecule has 5 rings (SSSR count). The van der Waals surface area contributed by atoms with E-state index >= 15 is 4.39 Å². The fourth-order valence-electron chi connectivity index (χ4n) is 8.29. The lowest BCUT2D eigenvalue weighted by Crippen LogP contribution is -2.67. The van der Waals surface area contributed by atoms with Crippen molar-refractivity contribution < 1.29 is 28.2 Å². The van der Waals surface area contributed by atoms with Crippen LogP contribution in [-0.2, 0) is 23.8 Å². The monoisotopic (exact) mass is 408 g/mol. The third-order valence-electron chi connectivity index (χ3n) is 9.39. The molecule has 162 valence electrons. The Kier molecular flexibility index (Phi) is 4.37. The van der Waals surface area contributed by atoms with Crippen molar-refractivity contribution in [3.05, 3.63) is 0 Å². The summed E-state index contributed by atoms with van der Waals surface area (Å²) in [4.78, 5) is 23.6. The zero-order valence-electron chi connectivity index (χ0n) is 17.7. The number of alkyl halides is 1. The summed E-state index contributed by atoms with van der Waals surface area (Å²) < 4.78 is 32.6. The highest BCUT2D eigenvalue weighted by molar-refractivity contribution is 5.67. The topological polar surface area (TPSA) is 65.1 Å². The third kappa shape index (κ3) is 2.60. The predicted octanol–water partition coefficient (Wildman–Crippen LogP) is 3.97. The lowest BCUT2D eigenvalue weighted by Gasteiger charge is -2.60. The normalized spacial score (nSPS) is 52.4. The maximum Gasteiger partial charge on any atom is 0.303 e. The average Bonchev–Trinajstić information content (AvgIpc) is 3.24. The molecule has 0 aromatic rings. The van der Waals surface area contributed by atoms with E-state index in [1.165, 1.54) is 39.5 Å². The molecule has 1 saturated heterocycles. The molecule has 4 aliphatic carbocycles. The summed E-state index contributed by atoms with van der Waals surface area (Å²) >= 11 is 0. The van der Waals surface area contributed by atoms with Crippen molar-refractivity contribution in [2.24, 2.45) is 28.6 Å². The van der Waals surface area contributed by atoms with Crippen molar-refractivity contribution in [1.29, 1.82) is 0 Å². The van der Waals surface area contributed by atoms with E-state index in [-0.39, 0.29) is 18.7 Å². The Morgan fingerprint density at radius 2 is 1.86 bits per heavy atom. The number of fused-ring (bicyclic) bond motifs is 4. The van der Waals surface area contributed by atoms with Gasteiger partial charge in [0.15, 0.2) is 6.10 Å². The van der Waals surface area contributed by atoms with Crippen LogP contribution < -0.4 is 0 Å². The standard InChI is InChI=1S/C23H33FO5/c1-13(25)27-12-22-10-7-18(24)20(28-14(2)26)23(22)19(29-23)11-15-16-5-4-8-21(16,3)9-6-17(15)22/h15-20H,4-12H2,1-3H3. The molecule has 5 nitrogen and oxygen atoms in total. The minimum Gasteiger partial charge on any atom is -0.465 e. The lowest BCUT2D eigenvalue weighted by atomic mass is 9.44. The van der Waals surface area contributed by atoms with Crippen LogP contribution in [-0.4, -0.2) is 42.5 Å². The van der Waals surface area contributed by atoms with Crippen LogP contribution in [0, 0.1) is 28.6 Å². The van der Waals surface area contributed by atoms with Crippen LogP contribution in [0.4, 0.5) is 4.39 Å². The highest BCUT2D eigenvalue weighted by atomic mass is 19.1. The fraction of sp³-hybridized carbons (Fsp3) is 0.913. The number of halogens is 1. The van der Waals surface area contributed by atoms with Crippen LogP contribution in [0.25, 0.3) is 0 Å². The molecular weight excluding hydrogens is 375 g/mol. The van der Waals surface area contributed by atoms with Gasteiger partial charge in [0.25, 0.3) is 0 Å². The molecule has 1 heterocycles. The quantitative estimate of drug-likeness (QED) is 0.522. The van der Waals surface area contributed by atoms with Crippen molar-refractivity contribution >= 4 is 11.9 Å². The highest BCUT2D eigenvalue weighted by Gasteiger charge is 2.82. The van der Waals surface area contributed by atoms with Gasteiger partial charge in [0.1, 0.15) is 18.4 Å². The molecule has 0 bridgehead atoms. The number of hydrogen-bond donors (Lipinski definition) is 0.